The first kappa shape index (κ1) is 25.8. The SMILES string of the molecule is CCOC(=O)[C@@H]1CC(C/C=C/c2ccc(/N=N/c3ccccc3)cc2)C(=O)N1C(=O)OC(C)(C)C. The molecule has 0 spiro atoms. The van der Waals surface area contributed by atoms with Gasteiger partial charge in [-0.05, 0) is 70.4 Å². The maximum absolute atomic E-state index is 13.0. The lowest BCUT2D eigenvalue weighted by molar-refractivity contribution is -0.151. The van der Waals surface area contributed by atoms with E-state index in [1.54, 1.807) is 27.7 Å². The fourth-order valence-electron chi connectivity index (χ4n) is 3.62. The monoisotopic (exact) mass is 477 g/mol. The van der Waals surface area contributed by atoms with Crippen molar-refractivity contribution < 1.29 is 23.9 Å². The van der Waals surface area contributed by atoms with Crippen molar-refractivity contribution in [3.63, 3.8) is 0 Å². The van der Waals surface area contributed by atoms with E-state index in [1.807, 2.05) is 66.7 Å². The summed E-state index contributed by atoms with van der Waals surface area (Å²) in [7, 11) is 0. The Balaban J connectivity index is 1.64. The van der Waals surface area contributed by atoms with Crippen molar-refractivity contribution in [3.05, 3.63) is 66.2 Å². The van der Waals surface area contributed by atoms with Gasteiger partial charge in [0.15, 0.2) is 0 Å². The molecular formula is C27H31N3O5. The van der Waals surface area contributed by atoms with Crippen LogP contribution in [0, 0.1) is 5.92 Å². The summed E-state index contributed by atoms with van der Waals surface area (Å²) in [6.45, 7) is 6.97. The van der Waals surface area contributed by atoms with Crippen molar-refractivity contribution in [3.8, 4) is 0 Å². The molecule has 2 amide bonds. The lowest BCUT2D eigenvalue weighted by atomic mass is 10.0. The molecule has 1 unspecified atom stereocenters. The summed E-state index contributed by atoms with van der Waals surface area (Å²) in [6, 6.07) is 16.0. The van der Waals surface area contributed by atoms with Crippen LogP contribution in [0.4, 0.5) is 16.2 Å². The number of rotatable bonds is 7. The molecule has 0 N–H and O–H groups in total. The van der Waals surface area contributed by atoms with Gasteiger partial charge >= 0.3 is 12.1 Å². The normalized spacial score (nSPS) is 18.4. The molecule has 2 aromatic carbocycles. The molecule has 1 aliphatic heterocycles. The minimum atomic E-state index is -0.982. The number of carbonyl (C=O) groups excluding carboxylic acids is 3. The maximum Gasteiger partial charge on any atom is 0.417 e. The van der Waals surface area contributed by atoms with E-state index in [2.05, 4.69) is 10.2 Å². The van der Waals surface area contributed by atoms with Crippen molar-refractivity contribution in [2.45, 2.75) is 52.2 Å². The van der Waals surface area contributed by atoms with E-state index in [4.69, 9.17) is 9.47 Å². The van der Waals surface area contributed by atoms with E-state index in [0.29, 0.717) is 6.42 Å². The van der Waals surface area contributed by atoms with E-state index in [1.165, 1.54) is 0 Å². The molecule has 1 fully saturated rings. The van der Waals surface area contributed by atoms with Crippen molar-refractivity contribution >= 4 is 35.4 Å². The first-order valence-corrected chi connectivity index (χ1v) is 11.6. The zero-order chi connectivity index (χ0) is 25.4. The van der Waals surface area contributed by atoms with E-state index >= 15 is 0 Å². The maximum atomic E-state index is 13.0. The molecule has 0 radical (unpaired) electrons. The molecule has 3 rings (SSSR count). The van der Waals surface area contributed by atoms with Crippen LogP contribution in [0.2, 0.25) is 0 Å². The number of imide groups is 1. The van der Waals surface area contributed by atoms with Gasteiger partial charge in [-0.25, -0.2) is 14.5 Å². The first-order chi connectivity index (χ1) is 16.7. The van der Waals surface area contributed by atoms with Gasteiger partial charge in [0.05, 0.1) is 18.0 Å². The quantitative estimate of drug-likeness (QED) is 0.348. The highest BCUT2D eigenvalue weighted by molar-refractivity contribution is 6.00. The number of azo groups is 1. The summed E-state index contributed by atoms with van der Waals surface area (Å²) in [5.41, 5.74) is 1.64. The largest absolute Gasteiger partial charge is 0.464 e. The van der Waals surface area contributed by atoms with Gasteiger partial charge in [-0.1, -0.05) is 42.5 Å². The minimum absolute atomic E-state index is 0.164. The predicted octanol–water partition coefficient (Wildman–Crippen LogP) is 6.22. The standard InChI is InChI=1S/C27H31N3O5/c1-5-34-25(32)23-18-20(24(31)30(23)26(33)35-27(2,3)4)11-9-10-19-14-16-22(17-15-19)29-28-21-12-7-6-8-13-21/h6-10,12-17,20,23H,5,11,18H2,1-4H3/b10-9+,29-28+/t20?,23-/m0/s1. The Morgan fingerprint density at radius 1 is 1.03 bits per heavy atom. The number of allylic oxidation sites excluding steroid dienone is 1. The van der Waals surface area contributed by atoms with Crippen LogP contribution >= 0.6 is 0 Å². The Labute approximate surface area is 205 Å². The molecule has 1 heterocycles. The molecule has 2 aromatic rings. The fourth-order valence-corrected chi connectivity index (χ4v) is 3.62. The second-order valence-corrected chi connectivity index (χ2v) is 9.15. The van der Waals surface area contributed by atoms with Crippen LogP contribution in [-0.2, 0) is 19.1 Å². The average molecular weight is 478 g/mol. The van der Waals surface area contributed by atoms with E-state index in [9.17, 15) is 14.4 Å². The molecule has 8 heteroatoms. The summed E-state index contributed by atoms with van der Waals surface area (Å²) in [5, 5.41) is 8.42. The topological polar surface area (TPSA) is 97.6 Å². The van der Waals surface area contributed by atoms with E-state index in [0.717, 1.165) is 21.8 Å². The number of nitrogens with zero attached hydrogens (tertiary/aromatic N) is 3. The van der Waals surface area contributed by atoms with Crippen LogP contribution in [-0.4, -0.2) is 41.1 Å². The molecule has 0 bridgehead atoms. The Hall–Kier alpha value is -3.81. The summed E-state index contributed by atoms with van der Waals surface area (Å²) in [5.74, 6) is -1.55. The van der Waals surface area contributed by atoms with Gasteiger partial charge in [0.25, 0.3) is 0 Å². The highest BCUT2D eigenvalue weighted by Gasteiger charge is 2.48. The van der Waals surface area contributed by atoms with Crippen molar-refractivity contribution in [1.29, 1.82) is 0 Å². The van der Waals surface area contributed by atoms with Crippen molar-refractivity contribution in [2.24, 2.45) is 16.1 Å². The van der Waals surface area contributed by atoms with Crippen LogP contribution in [0.1, 0.15) is 46.1 Å². The molecule has 184 valence electrons. The third-order valence-electron chi connectivity index (χ3n) is 5.22. The smallest absolute Gasteiger partial charge is 0.417 e. The lowest BCUT2D eigenvalue weighted by Crippen LogP contribution is -2.46. The molecule has 8 nitrogen and oxygen atoms in total. The highest BCUT2D eigenvalue weighted by Crippen LogP contribution is 2.30. The van der Waals surface area contributed by atoms with Gasteiger partial charge in [0, 0.05) is 5.92 Å². The second kappa shape index (κ2) is 11.6. The summed E-state index contributed by atoms with van der Waals surface area (Å²) in [4.78, 5) is 39.0. The molecule has 1 saturated heterocycles. The Morgan fingerprint density at radius 2 is 1.66 bits per heavy atom. The van der Waals surface area contributed by atoms with Gasteiger partial charge in [0.2, 0.25) is 5.91 Å². The summed E-state index contributed by atoms with van der Waals surface area (Å²) >= 11 is 0. The van der Waals surface area contributed by atoms with Crippen LogP contribution in [0.15, 0.2) is 70.9 Å². The van der Waals surface area contributed by atoms with Gasteiger partial charge in [-0.3, -0.25) is 4.79 Å². The number of benzene rings is 2. The third-order valence-corrected chi connectivity index (χ3v) is 5.22. The van der Waals surface area contributed by atoms with Crippen LogP contribution in [0.3, 0.4) is 0 Å². The fraction of sp³-hybridized carbons (Fsp3) is 0.370. The molecule has 0 aliphatic carbocycles. The van der Waals surface area contributed by atoms with Crippen LogP contribution < -0.4 is 0 Å². The van der Waals surface area contributed by atoms with Gasteiger partial charge < -0.3 is 9.47 Å². The number of carbonyl (C=O) groups is 3. The van der Waals surface area contributed by atoms with Gasteiger partial charge in [0.1, 0.15) is 11.6 Å². The van der Waals surface area contributed by atoms with E-state index < -0.39 is 35.5 Å². The zero-order valence-corrected chi connectivity index (χ0v) is 20.5. The van der Waals surface area contributed by atoms with Crippen LogP contribution in [0.5, 0.6) is 0 Å². The molecule has 35 heavy (non-hydrogen) atoms. The summed E-state index contributed by atoms with van der Waals surface area (Å²) in [6.07, 6.45) is 3.50. The Kier molecular flexibility index (Phi) is 8.52. The number of amides is 2. The molecule has 1 aliphatic rings. The molecule has 2 atom stereocenters. The predicted molar refractivity (Wildman–Crippen MR) is 132 cm³/mol. The minimum Gasteiger partial charge on any atom is -0.464 e. The number of hydrogen-bond acceptors (Lipinski definition) is 7. The number of ether oxygens (including phenoxy) is 2. The highest BCUT2D eigenvalue weighted by atomic mass is 16.6. The van der Waals surface area contributed by atoms with Gasteiger partial charge in [-0.2, -0.15) is 10.2 Å². The number of likely N-dealkylation sites (tertiary alicyclic amines) is 1. The van der Waals surface area contributed by atoms with E-state index in [-0.39, 0.29) is 13.0 Å². The zero-order valence-electron chi connectivity index (χ0n) is 20.5. The third kappa shape index (κ3) is 7.34. The molecule has 0 aromatic heterocycles. The van der Waals surface area contributed by atoms with Crippen molar-refractivity contribution in [1.82, 2.24) is 4.90 Å². The van der Waals surface area contributed by atoms with Crippen LogP contribution in [0.25, 0.3) is 6.08 Å². The first-order valence-electron chi connectivity index (χ1n) is 11.6. The molecular weight excluding hydrogens is 446 g/mol. The summed E-state index contributed by atoms with van der Waals surface area (Å²) < 4.78 is 10.4. The van der Waals surface area contributed by atoms with Gasteiger partial charge in [-0.15, -0.1) is 0 Å². The lowest BCUT2D eigenvalue weighted by Gasteiger charge is -2.26. The second-order valence-electron chi connectivity index (χ2n) is 9.15. The number of esters is 1. The number of hydrogen-bond donors (Lipinski definition) is 0. The Morgan fingerprint density at radius 3 is 2.26 bits per heavy atom. The van der Waals surface area contributed by atoms with Crippen molar-refractivity contribution in [2.75, 3.05) is 6.61 Å². The molecule has 0 saturated carbocycles. The average Bonchev–Trinajstić information content (AvgIpc) is 3.15. The Bertz CT molecular complexity index is 1090.